The van der Waals surface area contributed by atoms with Crippen molar-refractivity contribution in [2.45, 2.75) is 58.3 Å². The van der Waals surface area contributed by atoms with Gasteiger partial charge in [0.15, 0.2) is 0 Å². The summed E-state index contributed by atoms with van der Waals surface area (Å²) in [6.07, 6.45) is 11.3. The van der Waals surface area contributed by atoms with Crippen LogP contribution in [0.15, 0.2) is 48.5 Å². The standard InChI is InChI=1S/C27H36N2O4/c1-2-3-6-9-21-10-12-22(13-11-21)14-15-26(30)32-16-7-4-5-8-17-33-27(31)23-18-24(28)20-25(29)19-23/h10-15,18-20H,2-9,16-17,28-29H2,1H3/b15-14+. The summed E-state index contributed by atoms with van der Waals surface area (Å²) in [5.74, 6) is -0.766. The normalized spacial score (nSPS) is 10.9. The molecule has 2 aromatic carbocycles. The molecule has 0 aromatic heterocycles. The summed E-state index contributed by atoms with van der Waals surface area (Å²) in [5.41, 5.74) is 14.9. The lowest BCUT2D eigenvalue weighted by molar-refractivity contribution is -0.137. The SMILES string of the molecule is CCCCCc1ccc(/C=C/C(=O)OCCCCCCOC(=O)c2cc(N)cc(N)c2)cc1. The third-order valence-corrected chi connectivity index (χ3v) is 5.19. The van der Waals surface area contributed by atoms with E-state index >= 15 is 0 Å². The quantitative estimate of drug-likeness (QED) is 0.168. The molecule has 0 radical (unpaired) electrons. The van der Waals surface area contributed by atoms with E-state index in [2.05, 4.69) is 19.1 Å². The van der Waals surface area contributed by atoms with Crippen LogP contribution in [0.4, 0.5) is 11.4 Å². The van der Waals surface area contributed by atoms with Crippen molar-refractivity contribution < 1.29 is 19.1 Å². The maximum absolute atomic E-state index is 12.0. The lowest BCUT2D eigenvalue weighted by Crippen LogP contribution is -2.08. The first-order chi connectivity index (χ1) is 16.0. The van der Waals surface area contributed by atoms with Gasteiger partial charge in [-0.1, -0.05) is 44.0 Å². The molecule has 2 aromatic rings. The average Bonchev–Trinajstić information content (AvgIpc) is 2.79. The summed E-state index contributed by atoms with van der Waals surface area (Å²) in [6, 6.07) is 13.0. The Balaban J connectivity index is 1.53. The van der Waals surface area contributed by atoms with Gasteiger partial charge in [-0.25, -0.2) is 9.59 Å². The molecule has 0 atom stereocenters. The Labute approximate surface area is 197 Å². The van der Waals surface area contributed by atoms with E-state index in [1.165, 1.54) is 30.9 Å². The minimum absolute atomic E-state index is 0.327. The van der Waals surface area contributed by atoms with Crippen molar-refractivity contribution in [1.82, 2.24) is 0 Å². The summed E-state index contributed by atoms with van der Waals surface area (Å²) in [7, 11) is 0. The fourth-order valence-electron chi connectivity index (χ4n) is 3.36. The van der Waals surface area contributed by atoms with Gasteiger partial charge in [-0.2, -0.15) is 0 Å². The number of anilines is 2. The highest BCUT2D eigenvalue weighted by Crippen LogP contribution is 2.15. The predicted octanol–water partition coefficient (Wildman–Crippen LogP) is 5.56. The van der Waals surface area contributed by atoms with E-state index in [4.69, 9.17) is 20.9 Å². The number of benzene rings is 2. The van der Waals surface area contributed by atoms with Crippen LogP contribution in [-0.2, 0) is 20.7 Å². The van der Waals surface area contributed by atoms with Gasteiger partial charge >= 0.3 is 11.9 Å². The molecular formula is C27H36N2O4. The molecule has 6 heteroatoms. The molecule has 0 bridgehead atoms. The van der Waals surface area contributed by atoms with Gasteiger partial charge in [-0.3, -0.25) is 0 Å². The Morgan fingerprint density at radius 1 is 0.818 bits per heavy atom. The van der Waals surface area contributed by atoms with Crippen molar-refractivity contribution in [3.8, 4) is 0 Å². The van der Waals surface area contributed by atoms with E-state index in [1.807, 2.05) is 12.1 Å². The molecule has 0 aliphatic rings. The van der Waals surface area contributed by atoms with Crippen molar-refractivity contribution in [3.63, 3.8) is 0 Å². The third kappa shape index (κ3) is 10.7. The van der Waals surface area contributed by atoms with Crippen LogP contribution in [0.1, 0.15) is 73.4 Å². The first-order valence-electron chi connectivity index (χ1n) is 11.7. The molecule has 0 amide bonds. The zero-order valence-corrected chi connectivity index (χ0v) is 19.6. The molecule has 0 heterocycles. The topological polar surface area (TPSA) is 105 Å². The number of aryl methyl sites for hydroxylation is 1. The second kappa shape index (κ2) is 14.7. The molecule has 0 unspecified atom stereocenters. The summed E-state index contributed by atoms with van der Waals surface area (Å²) < 4.78 is 10.5. The smallest absolute Gasteiger partial charge is 0.338 e. The molecule has 0 spiro atoms. The first-order valence-corrected chi connectivity index (χ1v) is 11.7. The molecule has 0 aliphatic carbocycles. The molecular weight excluding hydrogens is 416 g/mol. The fourth-order valence-corrected chi connectivity index (χ4v) is 3.36. The van der Waals surface area contributed by atoms with Gasteiger partial charge in [-0.05, 0) is 73.9 Å². The van der Waals surface area contributed by atoms with Crippen LogP contribution in [0.25, 0.3) is 6.08 Å². The van der Waals surface area contributed by atoms with E-state index in [9.17, 15) is 9.59 Å². The average molecular weight is 453 g/mol. The largest absolute Gasteiger partial charge is 0.463 e. The van der Waals surface area contributed by atoms with Crippen LogP contribution < -0.4 is 11.5 Å². The number of esters is 2. The Bertz CT molecular complexity index is 887. The molecule has 0 saturated heterocycles. The van der Waals surface area contributed by atoms with Gasteiger partial charge in [0.2, 0.25) is 0 Å². The Morgan fingerprint density at radius 3 is 2.09 bits per heavy atom. The maximum atomic E-state index is 12.0. The molecule has 178 valence electrons. The highest BCUT2D eigenvalue weighted by atomic mass is 16.5. The molecule has 0 fully saturated rings. The molecule has 0 aliphatic heterocycles. The number of nitrogens with two attached hydrogens (primary N) is 2. The number of unbranched alkanes of at least 4 members (excludes halogenated alkanes) is 5. The van der Waals surface area contributed by atoms with E-state index in [0.29, 0.717) is 30.2 Å². The fraction of sp³-hybridized carbons (Fsp3) is 0.407. The van der Waals surface area contributed by atoms with E-state index < -0.39 is 5.97 Å². The molecule has 4 N–H and O–H groups in total. The van der Waals surface area contributed by atoms with Gasteiger partial charge in [0, 0.05) is 17.5 Å². The summed E-state index contributed by atoms with van der Waals surface area (Å²) in [4.78, 5) is 23.9. The Hall–Kier alpha value is -3.28. The van der Waals surface area contributed by atoms with Crippen LogP contribution in [0.5, 0.6) is 0 Å². The summed E-state index contributed by atoms with van der Waals surface area (Å²) in [6.45, 7) is 2.91. The van der Waals surface area contributed by atoms with Crippen molar-refractivity contribution in [2.75, 3.05) is 24.7 Å². The summed E-state index contributed by atoms with van der Waals surface area (Å²) in [5, 5.41) is 0. The van der Waals surface area contributed by atoms with Crippen molar-refractivity contribution in [2.24, 2.45) is 0 Å². The number of nitrogen functional groups attached to an aromatic ring is 2. The van der Waals surface area contributed by atoms with Gasteiger partial charge in [0.1, 0.15) is 0 Å². The van der Waals surface area contributed by atoms with Crippen molar-refractivity contribution in [3.05, 3.63) is 65.2 Å². The second-order valence-corrected chi connectivity index (χ2v) is 8.14. The van der Waals surface area contributed by atoms with Crippen LogP contribution in [0.3, 0.4) is 0 Å². The van der Waals surface area contributed by atoms with Crippen LogP contribution in [0.2, 0.25) is 0 Å². The monoisotopic (exact) mass is 452 g/mol. The van der Waals surface area contributed by atoms with Crippen LogP contribution in [0, 0.1) is 0 Å². The van der Waals surface area contributed by atoms with Crippen LogP contribution in [-0.4, -0.2) is 25.2 Å². The van der Waals surface area contributed by atoms with E-state index in [1.54, 1.807) is 24.3 Å². The van der Waals surface area contributed by atoms with Gasteiger partial charge in [0.05, 0.1) is 18.8 Å². The van der Waals surface area contributed by atoms with Crippen LogP contribution >= 0.6 is 0 Å². The minimum atomic E-state index is -0.430. The zero-order valence-electron chi connectivity index (χ0n) is 19.6. The number of hydrogen-bond acceptors (Lipinski definition) is 6. The number of hydrogen-bond donors (Lipinski definition) is 2. The third-order valence-electron chi connectivity index (χ3n) is 5.19. The van der Waals surface area contributed by atoms with Gasteiger partial charge in [0.25, 0.3) is 0 Å². The van der Waals surface area contributed by atoms with Crippen molar-refractivity contribution >= 4 is 29.4 Å². The lowest BCUT2D eigenvalue weighted by Gasteiger charge is -2.07. The maximum Gasteiger partial charge on any atom is 0.338 e. The van der Waals surface area contributed by atoms with Gasteiger partial charge < -0.3 is 20.9 Å². The predicted molar refractivity (Wildman–Crippen MR) is 134 cm³/mol. The highest BCUT2D eigenvalue weighted by Gasteiger charge is 2.08. The molecule has 6 nitrogen and oxygen atoms in total. The number of rotatable bonds is 14. The Kier molecular flexibility index (Phi) is 11.6. The Morgan fingerprint density at radius 2 is 1.45 bits per heavy atom. The van der Waals surface area contributed by atoms with Crippen molar-refractivity contribution in [1.29, 1.82) is 0 Å². The minimum Gasteiger partial charge on any atom is -0.463 e. The molecule has 33 heavy (non-hydrogen) atoms. The number of carbonyl (C=O) groups excluding carboxylic acids is 2. The highest BCUT2D eigenvalue weighted by molar-refractivity contribution is 5.91. The van der Waals surface area contributed by atoms with E-state index in [-0.39, 0.29) is 5.97 Å². The summed E-state index contributed by atoms with van der Waals surface area (Å²) >= 11 is 0. The lowest BCUT2D eigenvalue weighted by atomic mass is 10.1. The number of ether oxygens (including phenoxy) is 2. The first kappa shape index (κ1) is 26.0. The van der Waals surface area contributed by atoms with Gasteiger partial charge in [-0.15, -0.1) is 0 Å². The molecule has 2 rings (SSSR count). The zero-order chi connectivity index (χ0) is 23.9. The number of carbonyl (C=O) groups is 2. The molecule has 0 saturated carbocycles. The second-order valence-electron chi connectivity index (χ2n) is 8.14. The van der Waals surface area contributed by atoms with E-state index in [0.717, 1.165) is 37.7 Å².